The molecule has 3 nitrogen and oxygen atoms in total. The van der Waals surface area contributed by atoms with Gasteiger partial charge in [0.1, 0.15) is 12.5 Å². The van der Waals surface area contributed by atoms with Gasteiger partial charge in [-0.25, -0.2) is 0 Å². The van der Waals surface area contributed by atoms with Gasteiger partial charge in [0.25, 0.3) is 0 Å². The van der Waals surface area contributed by atoms with Crippen molar-refractivity contribution in [3.63, 3.8) is 0 Å². The molecule has 0 heterocycles. The lowest BCUT2D eigenvalue weighted by Crippen LogP contribution is -2.43. The van der Waals surface area contributed by atoms with Gasteiger partial charge in [0.05, 0.1) is 6.07 Å². The van der Waals surface area contributed by atoms with Crippen molar-refractivity contribution < 1.29 is 18.0 Å². The summed E-state index contributed by atoms with van der Waals surface area (Å²) in [6, 6.07) is 10.3. The normalized spacial score (nSPS) is 16.1. The lowest BCUT2D eigenvalue weighted by atomic mass is 9.99. The average Bonchev–Trinajstić information content (AvgIpc) is 3.26. The molecule has 0 N–H and O–H groups in total. The fraction of sp³-hybridized carbons (Fsp3) is 0.467. The summed E-state index contributed by atoms with van der Waals surface area (Å²) >= 11 is 0. The highest BCUT2D eigenvalue weighted by Crippen LogP contribution is 2.31. The molecule has 6 heteroatoms. The van der Waals surface area contributed by atoms with E-state index in [1.54, 1.807) is 30.3 Å². The highest BCUT2D eigenvalue weighted by Gasteiger charge is 2.42. The zero-order valence-corrected chi connectivity index (χ0v) is 11.3. The number of nitrogens with zero attached hydrogens (tertiary/aromatic N) is 2. The number of carbonyl (C=O) groups excluding carboxylic acids is 1. The molecule has 0 radical (unpaired) electrons. The third-order valence-corrected chi connectivity index (χ3v) is 3.36. The second-order valence-corrected chi connectivity index (χ2v) is 5.18. The van der Waals surface area contributed by atoms with E-state index in [1.807, 2.05) is 6.07 Å². The maximum Gasteiger partial charge on any atom is 0.406 e. The minimum absolute atomic E-state index is 0.136. The predicted molar refractivity (Wildman–Crippen MR) is 70.0 cm³/mol. The molecule has 0 saturated heterocycles. The highest BCUT2D eigenvalue weighted by molar-refractivity contribution is 5.82. The lowest BCUT2D eigenvalue weighted by Gasteiger charge is -2.25. The second kappa shape index (κ2) is 6.17. The first kappa shape index (κ1) is 15.4. The minimum Gasteiger partial charge on any atom is -0.329 e. The molecule has 1 amide bonds. The smallest absolute Gasteiger partial charge is 0.329 e. The molecule has 1 unspecified atom stereocenters. The number of alkyl halides is 3. The molecule has 1 aromatic carbocycles. The average molecular weight is 296 g/mol. The molecule has 1 aromatic rings. The van der Waals surface area contributed by atoms with Crippen molar-refractivity contribution in [2.45, 2.75) is 31.5 Å². The number of amides is 1. The monoisotopic (exact) mass is 296 g/mol. The van der Waals surface area contributed by atoms with Gasteiger partial charge in [0.15, 0.2) is 0 Å². The maximum atomic E-state index is 12.6. The van der Waals surface area contributed by atoms with E-state index in [1.165, 1.54) is 0 Å². The molecule has 0 aliphatic heterocycles. The van der Waals surface area contributed by atoms with Crippen LogP contribution in [0.25, 0.3) is 0 Å². The molecule has 1 saturated carbocycles. The van der Waals surface area contributed by atoms with E-state index >= 15 is 0 Å². The second-order valence-electron chi connectivity index (χ2n) is 5.18. The van der Waals surface area contributed by atoms with Crippen LogP contribution >= 0.6 is 0 Å². The molecule has 1 aliphatic rings. The van der Waals surface area contributed by atoms with Crippen LogP contribution in [0.2, 0.25) is 0 Å². The quantitative estimate of drug-likeness (QED) is 0.838. The Hall–Kier alpha value is -2.03. The van der Waals surface area contributed by atoms with Crippen molar-refractivity contribution in [2.24, 2.45) is 5.92 Å². The Kier molecular flexibility index (Phi) is 4.51. The molecule has 1 fully saturated rings. The van der Waals surface area contributed by atoms with E-state index in [9.17, 15) is 18.0 Å². The van der Waals surface area contributed by atoms with Crippen LogP contribution in [0.1, 0.15) is 18.4 Å². The van der Waals surface area contributed by atoms with Crippen LogP contribution in [-0.4, -0.2) is 29.6 Å². The van der Waals surface area contributed by atoms with Gasteiger partial charge in [-0.15, -0.1) is 0 Å². The molecule has 0 aromatic heterocycles. The summed E-state index contributed by atoms with van der Waals surface area (Å²) in [4.78, 5) is 13.1. The first-order chi connectivity index (χ1) is 9.90. The molecular weight excluding hydrogens is 281 g/mol. The maximum absolute atomic E-state index is 12.6. The van der Waals surface area contributed by atoms with E-state index in [0.29, 0.717) is 12.8 Å². The Bertz CT molecular complexity index is 532. The number of halogens is 3. The summed E-state index contributed by atoms with van der Waals surface area (Å²) in [5.74, 6) is -1.79. The van der Waals surface area contributed by atoms with Crippen molar-refractivity contribution in [3.8, 4) is 6.07 Å². The minimum atomic E-state index is -4.44. The van der Waals surface area contributed by atoms with Crippen molar-refractivity contribution in [2.75, 3.05) is 6.54 Å². The molecule has 0 bridgehead atoms. The summed E-state index contributed by atoms with van der Waals surface area (Å²) in [5, 5.41) is 9.13. The number of hydrogen-bond acceptors (Lipinski definition) is 2. The van der Waals surface area contributed by atoms with Gasteiger partial charge in [-0.2, -0.15) is 18.4 Å². The third-order valence-electron chi connectivity index (χ3n) is 3.36. The summed E-state index contributed by atoms with van der Waals surface area (Å²) in [7, 11) is 0. The van der Waals surface area contributed by atoms with Crippen molar-refractivity contribution in [3.05, 3.63) is 35.9 Å². The van der Waals surface area contributed by atoms with Crippen LogP contribution < -0.4 is 0 Å². The van der Waals surface area contributed by atoms with E-state index in [0.717, 1.165) is 10.5 Å². The fourth-order valence-electron chi connectivity index (χ4n) is 2.20. The Balaban J connectivity index is 2.09. The highest BCUT2D eigenvalue weighted by atomic mass is 19.4. The van der Waals surface area contributed by atoms with Gasteiger partial charge in [0.2, 0.25) is 5.91 Å². The summed E-state index contributed by atoms with van der Waals surface area (Å²) in [6.45, 7) is -1.27. The molecule has 2 rings (SSSR count). The van der Waals surface area contributed by atoms with Crippen LogP contribution in [0.3, 0.4) is 0 Å². The van der Waals surface area contributed by atoms with E-state index in [-0.39, 0.29) is 12.5 Å². The SMILES string of the molecule is N#CC(Cc1ccccc1)C(=O)N(CC(F)(F)F)C1CC1. The zero-order chi connectivity index (χ0) is 15.5. The topological polar surface area (TPSA) is 44.1 Å². The number of hydrogen-bond donors (Lipinski definition) is 0. The van der Waals surface area contributed by atoms with Crippen LogP contribution in [0.4, 0.5) is 13.2 Å². The van der Waals surface area contributed by atoms with E-state index in [2.05, 4.69) is 0 Å². The van der Waals surface area contributed by atoms with Crippen molar-refractivity contribution in [1.29, 1.82) is 5.26 Å². The Morgan fingerprint density at radius 3 is 2.43 bits per heavy atom. The Morgan fingerprint density at radius 1 is 1.33 bits per heavy atom. The largest absolute Gasteiger partial charge is 0.406 e. The van der Waals surface area contributed by atoms with Crippen molar-refractivity contribution in [1.82, 2.24) is 4.90 Å². The van der Waals surface area contributed by atoms with E-state index < -0.39 is 24.5 Å². The van der Waals surface area contributed by atoms with Crippen molar-refractivity contribution >= 4 is 5.91 Å². The van der Waals surface area contributed by atoms with Gasteiger partial charge < -0.3 is 4.90 Å². The summed E-state index contributed by atoms with van der Waals surface area (Å²) in [6.07, 6.45) is -3.15. The van der Waals surface area contributed by atoms with Gasteiger partial charge >= 0.3 is 6.18 Å². The summed E-state index contributed by atoms with van der Waals surface area (Å²) in [5.41, 5.74) is 0.764. The first-order valence-corrected chi connectivity index (χ1v) is 6.71. The van der Waals surface area contributed by atoms with E-state index in [4.69, 9.17) is 5.26 Å². The van der Waals surface area contributed by atoms with Crippen LogP contribution in [0.5, 0.6) is 0 Å². The van der Waals surface area contributed by atoms with Gasteiger partial charge in [0, 0.05) is 6.04 Å². The molecule has 1 aliphatic carbocycles. The Morgan fingerprint density at radius 2 is 1.95 bits per heavy atom. The van der Waals surface area contributed by atoms with Crippen LogP contribution in [0, 0.1) is 17.2 Å². The fourth-order valence-corrected chi connectivity index (χ4v) is 2.20. The standard InChI is InChI=1S/C15H15F3N2O/c16-15(17,18)10-20(13-6-7-13)14(21)12(9-19)8-11-4-2-1-3-5-11/h1-5,12-13H,6-8,10H2. The van der Waals surface area contributed by atoms with Crippen LogP contribution in [-0.2, 0) is 11.2 Å². The predicted octanol–water partition coefficient (Wildman–Crippen LogP) is 2.92. The molecule has 0 spiro atoms. The number of rotatable bonds is 5. The molecule has 1 atom stereocenters. The molecular formula is C15H15F3N2O. The lowest BCUT2D eigenvalue weighted by molar-refractivity contribution is -0.163. The van der Waals surface area contributed by atoms with Crippen LogP contribution in [0.15, 0.2) is 30.3 Å². The number of carbonyl (C=O) groups is 1. The first-order valence-electron chi connectivity index (χ1n) is 6.71. The molecule has 112 valence electrons. The third kappa shape index (κ3) is 4.48. The number of nitriles is 1. The molecule has 21 heavy (non-hydrogen) atoms. The van der Waals surface area contributed by atoms with Gasteiger partial charge in [-0.1, -0.05) is 30.3 Å². The Labute approximate surface area is 121 Å². The van der Waals surface area contributed by atoms with Gasteiger partial charge in [-0.3, -0.25) is 4.79 Å². The zero-order valence-electron chi connectivity index (χ0n) is 11.3. The number of benzene rings is 1. The van der Waals surface area contributed by atoms with Gasteiger partial charge in [-0.05, 0) is 24.8 Å². The summed E-state index contributed by atoms with van der Waals surface area (Å²) < 4.78 is 37.7.